The average Bonchev–Trinajstić information content (AvgIpc) is 3.44. The van der Waals surface area contributed by atoms with Crippen molar-refractivity contribution in [2.24, 2.45) is 11.7 Å². The Balaban J connectivity index is 1.92. The fourth-order valence-electron chi connectivity index (χ4n) is 5.92. The van der Waals surface area contributed by atoms with Crippen LogP contribution >= 0.6 is 11.6 Å². The first-order valence-electron chi connectivity index (χ1n) is 16.6. The van der Waals surface area contributed by atoms with Crippen LogP contribution in [0.1, 0.15) is 63.1 Å². The number of aryl methyl sites for hydroxylation is 1. The van der Waals surface area contributed by atoms with Crippen LogP contribution in [0.25, 0.3) is 0 Å². The van der Waals surface area contributed by atoms with Crippen LogP contribution in [0.4, 0.5) is 0 Å². The van der Waals surface area contributed by atoms with Gasteiger partial charge in [0.05, 0.1) is 31.0 Å². The minimum absolute atomic E-state index is 0.0255. The molecule has 3 amide bonds. The SMILES string of the molecule is C[C@H](N)C(=O)N[C@@H](CO[Si](C)(C)C(C)(C)C)C(=O)N(C)[C@H](Cc1ccc(Cl)cc1)CN(C)C(=O)[C@@H](CC(=O)O)[C@@H]1CCc2ccccc21. The molecule has 12 heteroatoms. The highest BCUT2D eigenvalue weighted by Crippen LogP contribution is 2.40. The van der Waals surface area contributed by atoms with Crippen LogP contribution < -0.4 is 11.1 Å². The van der Waals surface area contributed by atoms with Crippen molar-refractivity contribution in [3.63, 3.8) is 0 Å². The molecule has 1 aliphatic carbocycles. The summed E-state index contributed by atoms with van der Waals surface area (Å²) in [6.45, 7) is 12.1. The number of hydrogen-bond acceptors (Lipinski definition) is 6. The summed E-state index contributed by atoms with van der Waals surface area (Å²) in [5.41, 5.74) is 8.91. The van der Waals surface area contributed by atoms with Gasteiger partial charge in [-0.1, -0.05) is 68.8 Å². The number of nitrogens with two attached hydrogens (primary N) is 1. The van der Waals surface area contributed by atoms with Crippen LogP contribution in [0.15, 0.2) is 48.5 Å². The van der Waals surface area contributed by atoms with E-state index in [0.29, 0.717) is 17.9 Å². The second kappa shape index (κ2) is 16.4. The Morgan fingerprint density at radius 2 is 1.69 bits per heavy atom. The summed E-state index contributed by atoms with van der Waals surface area (Å²) in [5, 5.41) is 13.1. The third-order valence-electron chi connectivity index (χ3n) is 9.96. The third-order valence-corrected chi connectivity index (χ3v) is 14.7. The molecule has 0 unspecified atom stereocenters. The fourth-order valence-corrected chi connectivity index (χ4v) is 7.06. The summed E-state index contributed by atoms with van der Waals surface area (Å²) >= 11 is 6.15. The molecule has 2 aromatic carbocycles. The van der Waals surface area contributed by atoms with Gasteiger partial charge in [0.2, 0.25) is 17.7 Å². The van der Waals surface area contributed by atoms with E-state index >= 15 is 0 Å². The Bertz CT molecular complexity index is 1440. The first-order chi connectivity index (χ1) is 22.3. The Labute approximate surface area is 291 Å². The van der Waals surface area contributed by atoms with Crippen LogP contribution in [-0.2, 0) is 36.4 Å². The second-order valence-corrected chi connectivity index (χ2v) is 19.9. The first-order valence-corrected chi connectivity index (χ1v) is 19.9. The molecule has 0 bridgehead atoms. The monoisotopic (exact) mass is 700 g/mol. The number of rotatable bonds is 15. The lowest BCUT2D eigenvalue weighted by Gasteiger charge is -2.39. The standard InChI is InChI=1S/C36H53ClN4O6Si/c1-23(38)33(44)39-31(22-47-48(7,8)36(2,3)4)35(46)41(6)27(19-24-13-16-26(37)17-14-24)21-40(5)34(45)30(20-32(42)43)29-18-15-25-11-9-10-12-28(25)29/h9-14,16-17,23,27,29-31H,15,18-22,38H2,1-8H3,(H,39,44)(H,42,43)/t23-,27+,29+,30-,31-/m0/s1. The van der Waals surface area contributed by atoms with Gasteiger partial charge >= 0.3 is 5.97 Å². The molecule has 5 atom stereocenters. The number of nitrogens with one attached hydrogen (secondary N) is 1. The molecule has 2 aromatic rings. The van der Waals surface area contributed by atoms with E-state index < -0.39 is 44.2 Å². The number of hydrogen-bond donors (Lipinski definition) is 3. The molecule has 0 fully saturated rings. The van der Waals surface area contributed by atoms with Crippen molar-refractivity contribution >= 4 is 43.6 Å². The van der Waals surface area contributed by atoms with E-state index in [1.165, 1.54) is 0 Å². The highest BCUT2D eigenvalue weighted by atomic mass is 35.5. The molecule has 264 valence electrons. The number of benzene rings is 2. The van der Waals surface area contributed by atoms with Crippen LogP contribution in [0, 0.1) is 5.92 Å². The molecule has 3 rings (SSSR count). The number of carboxylic acid groups (broad SMARTS) is 1. The minimum Gasteiger partial charge on any atom is -0.481 e. The zero-order chi connectivity index (χ0) is 36.0. The van der Waals surface area contributed by atoms with Crippen molar-refractivity contribution in [2.45, 2.75) is 95.6 Å². The molecule has 0 radical (unpaired) electrons. The summed E-state index contributed by atoms with van der Waals surface area (Å²) in [6, 6.07) is 12.8. The lowest BCUT2D eigenvalue weighted by atomic mass is 9.84. The molecule has 0 aliphatic heterocycles. The maximum Gasteiger partial charge on any atom is 0.304 e. The molecule has 0 aromatic heterocycles. The highest BCUT2D eigenvalue weighted by Gasteiger charge is 2.41. The summed E-state index contributed by atoms with van der Waals surface area (Å²) in [6.07, 6.45) is 1.56. The lowest BCUT2D eigenvalue weighted by Crippen LogP contribution is -2.58. The highest BCUT2D eigenvalue weighted by molar-refractivity contribution is 6.74. The molecule has 0 heterocycles. The number of carboxylic acids is 1. The van der Waals surface area contributed by atoms with Crippen molar-refractivity contribution in [2.75, 3.05) is 27.2 Å². The zero-order valence-corrected chi connectivity index (χ0v) is 31.3. The van der Waals surface area contributed by atoms with Gasteiger partial charge in [-0.15, -0.1) is 0 Å². The molecule has 4 N–H and O–H groups in total. The Kier molecular flexibility index (Phi) is 13.4. The van der Waals surface area contributed by atoms with Gasteiger partial charge in [0.15, 0.2) is 8.32 Å². The van der Waals surface area contributed by atoms with E-state index in [2.05, 4.69) is 39.2 Å². The molecule has 48 heavy (non-hydrogen) atoms. The van der Waals surface area contributed by atoms with E-state index in [4.69, 9.17) is 21.8 Å². The Morgan fingerprint density at radius 1 is 1.06 bits per heavy atom. The molecular weight excluding hydrogens is 648 g/mol. The number of halogens is 1. The van der Waals surface area contributed by atoms with E-state index in [9.17, 15) is 24.3 Å². The molecule has 1 aliphatic rings. The fraction of sp³-hybridized carbons (Fsp3) is 0.556. The van der Waals surface area contributed by atoms with Crippen LogP contribution in [-0.4, -0.2) is 92.3 Å². The third kappa shape index (κ3) is 10.1. The van der Waals surface area contributed by atoms with E-state index in [0.717, 1.165) is 23.1 Å². The zero-order valence-electron chi connectivity index (χ0n) is 29.6. The van der Waals surface area contributed by atoms with Gasteiger partial charge in [-0.2, -0.15) is 0 Å². The van der Waals surface area contributed by atoms with E-state index in [1.807, 2.05) is 36.4 Å². The van der Waals surface area contributed by atoms with Crippen molar-refractivity contribution in [1.82, 2.24) is 15.1 Å². The van der Waals surface area contributed by atoms with Crippen LogP contribution in [0.3, 0.4) is 0 Å². The van der Waals surface area contributed by atoms with Gasteiger partial charge in [0, 0.05) is 25.7 Å². The number of aliphatic carboxylic acids is 1. The van der Waals surface area contributed by atoms with Gasteiger partial charge in [-0.25, -0.2) is 0 Å². The average molecular weight is 701 g/mol. The maximum absolute atomic E-state index is 14.2. The summed E-state index contributed by atoms with van der Waals surface area (Å²) in [5.74, 6) is -3.16. The summed E-state index contributed by atoms with van der Waals surface area (Å²) in [7, 11) is 1.01. The molecule has 0 saturated heterocycles. The van der Waals surface area contributed by atoms with Gasteiger partial charge in [-0.3, -0.25) is 19.2 Å². The van der Waals surface area contributed by atoms with E-state index in [1.54, 1.807) is 43.0 Å². The van der Waals surface area contributed by atoms with Crippen molar-refractivity contribution in [1.29, 1.82) is 0 Å². The van der Waals surface area contributed by atoms with Crippen molar-refractivity contribution in [3.8, 4) is 0 Å². The Hall–Kier alpha value is -3.25. The van der Waals surface area contributed by atoms with Gasteiger partial charge < -0.3 is 30.4 Å². The van der Waals surface area contributed by atoms with Crippen molar-refractivity contribution < 1.29 is 28.7 Å². The van der Waals surface area contributed by atoms with Gasteiger partial charge in [-0.05, 0) is 79.1 Å². The quantitative estimate of drug-likeness (QED) is 0.226. The van der Waals surface area contributed by atoms with Crippen LogP contribution in [0.5, 0.6) is 0 Å². The number of likely N-dealkylation sites (N-methyl/N-ethyl adjacent to an activating group) is 2. The smallest absolute Gasteiger partial charge is 0.304 e. The maximum atomic E-state index is 14.2. The van der Waals surface area contributed by atoms with Gasteiger partial charge in [0.25, 0.3) is 0 Å². The van der Waals surface area contributed by atoms with Crippen LogP contribution in [0.2, 0.25) is 23.2 Å². The minimum atomic E-state index is -2.29. The summed E-state index contributed by atoms with van der Waals surface area (Å²) < 4.78 is 6.39. The number of amides is 3. The predicted molar refractivity (Wildman–Crippen MR) is 191 cm³/mol. The van der Waals surface area contributed by atoms with Gasteiger partial charge in [0.1, 0.15) is 6.04 Å². The second-order valence-electron chi connectivity index (χ2n) is 14.6. The number of carbonyl (C=O) groups is 4. The summed E-state index contributed by atoms with van der Waals surface area (Å²) in [4.78, 5) is 56.2. The first kappa shape index (κ1) is 39.2. The Morgan fingerprint density at radius 3 is 2.27 bits per heavy atom. The molecular formula is C36H53ClN4O6Si. The lowest BCUT2D eigenvalue weighted by molar-refractivity contribution is -0.145. The molecule has 0 saturated carbocycles. The van der Waals surface area contributed by atoms with E-state index in [-0.39, 0.29) is 42.3 Å². The van der Waals surface area contributed by atoms with Crippen molar-refractivity contribution in [3.05, 3.63) is 70.2 Å². The topological polar surface area (TPSA) is 142 Å². The largest absolute Gasteiger partial charge is 0.481 e. The number of fused-ring (bicyclic) bond motifs is 1. The molecule has 0 spiro atoms. The number of carbonyl (C=O) groups excluding carboxylic acids is 3. The number of nitrogens with zero attached hydrogens (tertiary/aromatic N) is 2. The molecule has 10 nitrogen and oxygen atoms in total. The normalized spacial score (nSPS) is 17.1. The predicted octanol–water partition coefficient (Wildman–Crippen LogP) is 4.84.